The van der Waals surface area contributed by atoms with Crippen LogP contribution in [0.25, 0.3) is 11.3 Å². The van der Waals surface area contributed by atoms with Crippen molar-refractivity contribution >= 4 is 40.6 Å². The molecule has 3 rings (SSSR count). The molecular formula is C14H11Cl3N2O. The molecule has 2 aromatic heterocycles. The monoisotopic (exact) mass is 328 g/mol. The summed E-state index contributed by atoms with van der Waals surface area (Å²) in [4.78, 5) is 16.5. The number of carbonyl (C=O) groups excluding carboxylic acids is 1. The number of fused-ring (bicyclic) bond motifs is 1. The van der Waals surface area contributed by atoms with Gasteiger partial charge in [-0.25, -0.2) is 0 Å². The zero-order valence-corrected chi connectivity index (χ0v) is 12.9. The summed E-state index contributed by atoms with van der Waals surface area (Å²) in [5.41, 5.74) is 2.87. The Morgan fingerprint density at radius 2 is 2.10 bits per heavy atom. The smallest absolute Gasteiger partial charge is 0.215 e. The summed E-state index contributed by atoms with van der Waals surface area (Å²) in [6.07, 6.45) is 3.78. The predicted octanol–water partition coefficient (Wildman–Crippen LogP) is 4.27. The molecule has 0 N–H and O–H groups in total. The normalized spacial score (nSPS) is 17.1. The van der Waals surface area contributed by atoms with Crippen molar-refractivity contribution in [3.8, 4) is 11.3 Å². The van der Waals surface area contributed by atoms with Gasteiger partial charge in [0.05, 0.1) is 16.4 Å². The Hall–Kier alpha value is -1.03. The second-order valence-electron chi connectivity index (χ2n) is 4.81. The first-order valence-corrected chi connectivity index (χ1v) is 7.28. The fourth-order valence-corrected chi connectivity index (χ4v) is 3.20. The molecule has 3 heterocycles. The van der Waals surface area contributed by atoms with Crippen LogP contribution in [-0.4, -0.2) is 19.7 Å². The van der Waals surface area contributed by atoms with Gasteiger partial charge in [-0.2, -0.15) is 0 Å². The highest BCUT2D eigenvalue weighted by Crippen LogP contribution is 2.43. The van der Waals surface area contributed by atoms with Crippen LogP contribution in [0.4, 0.5) is 0 Å². The molecule has 0 atom stereocenters. The SMILES string of the molecule is Cc1c(Cl)c(-c2cccnc2)n2c1C(=O)C(Cl)(Cl)CC2. The molecule has 0 unspecified atom stereocenters. The molecule has 1 aliphatic rings. The summed E-state index contributed by atoms with van der Waals surface area (Å²) in [6, 6.07) is 3.74. The molecule has 104 valence electrons. The molecule has 0 saturated heterocycles. The van der Waals surface area contributed by atoms with Gasteiger partial charge >= 0.3 is 0 Å². The van der Waals surface area contributed by atoms with E-state index in [0.717, 1.165) is 11.3 Å². The van der Waals surface area contributed by atoms with Gasteiger partial charge < -0.3 is 4.57 Å². The third kappa shape index (κ3) is 1.96. The molecule has 6 heteroatoms. The molecule has 0 spiro atoms. The minimum absolute atomic E-state index is 0.290. The topological polar surface area (TPSA) is 34.9 Å². The van der Waals surface area contributed by atoms with Gasteiger partial charge in [0.15, 0.2) is 4.33 Å². The van der Waals surface area contributed by atoms with E-state index >= 15 is 0 Å². The van der Waals surface area contributed by atoms with Gasteiger partial charge in [-0.3, -0.25) is 9.78 Å². The number of carbonyl (C=O) groups is 1. The maximum absolute atomic E-state index is 12.4. The number of halogens is 3. The van der Waals surface area contributed by atoms with Crippen LogP contribution in [0.15, 0.2) is 24.5 Å². The number of hydrogen-bond donors (Lipinski definition) is 0. The number of pyridine rings is 1. The number of Topliss-reactive ketones (excluding diaryl/α,β-unsaturated/α-hetero) is 1. The maximum Gasteiger partial charge on any atom is 0.215 e. The Bertz CT molecular complexity index is 692. The van der Waals surface area contributed by atoms with Crippen molar-refractivity contribution in [3.63, 3.8) is 0 Å². The lowest BCUT2D eigenvalue weighted by atomic mass is 10.1. The largest absolute Gasteiger partial charge is 0.336 e. The highest BCUT2D eigenvalue weighted by Gasteiger charge is 2.42. The zero-order chi connectivity index (χ0) is 14.5. The number of nitrogens with zero attached hydrogens (tertiary/aromatic N) is 2. The molecule has 0 saturated carbocycles. The average molecular weight is 330 g/mol. The quantitative estimate of drug-likeness (QED) is 0.732. The third-order valence-electron chi connectivity index (χ3n) is 3.56. The van der Waals surface area contributed by atoms with Crippen LogP contribution in [0.1, 0.15) is 22.5 Å². The molecular weight excluding hydrogens is 319 g/mol. The van der Waals surface area contributed by atoms with E-state index in [-0.39, 0.29) is 5.78 Å². The second kappa shape index (κ2) is 4.76. The summed E-state index contributed by atoms with van der Waals surface area (Å²) in [6.45, 7) is 2.35. The number of aromatic nitrogens is 2. The van der Waals surface area contributed by atoms with E-state index in [2.05, 4.69) is 4.98 Å². The van der Waals surface area contributed by atoms with Crippen molar-refractivity contribution in [3.05, 3.63) is 40.8 Å². The van der Waals surface area contributed by atoms with Crippen LogP contribution in [0, 0.1) is 6.92 Å². The van der Waals surface area contributed by atoms with Crippen molar-refractivity contribution < 1.29 is 4.79 Å². The Morgan fingerprint density at radius 3 is 2.75 bits per heavy atom. The molecule has 3 nitrogen and oxygen atoms in total. The van der Waals surface area contributed by atoms with Crippen LogP contribution in [0.2, 0.25) is 5.02 Å². The number of hydrogen-bond acceptors (Lipinski definition) is 2. The fraction of sp³-hybridized carbons (Fsp3) is 0.286. The van der Waals surface area contributed by atoms with E-state index in [1.54, 1.807) is 19.3 Å². The number of rotatable bonds is 1. The van der Waals surface area contributed by atoms with Crippen LogP contribution < -0.4 is 0 Å². The van der Waals surface area contributed by atoms with Gasteiger partial charge in [0, 0.05) is 30.9 Å². The zero-order valence-electron chi connectivity index (χ0n) is 10.7. The van der Waals surface area contributed by atoms with Gasteiger partial charge in [-0.05, 0) is 24.6 Å². The minimum atomic E-state index is -1.37. The molecule has 0 aliphatic carbocycles. The van der Waals surface area contributed by atoms with Crippen LogP contribution in [0.3, 0.4) is 0 Å². The average Bonchev–Trinajstić information content (AvgIpc) is 2.68. The minimum Gasteiger partial charge on any atom is -0.336 e. The summed E-state index contributed by atoms with van der Waals surface area (Å²) in [7, 11) is 0. The molecule has 1 aliphatic heterocycles. The Balaban J connectivity index is 2.26. The summed E-state index contributed by atoms with van der Waals surface area (Å²) < 4.78 is 0.522. The van der Waals surface area contributed by atoms with E-state index in [9.17, 15) is 4.79 Å². The van der Waals surface area contributed by atoms with Crippen molar-refractivity contribution in [1.82, 2.24) is 9.55 Å². The van der Waals surface area contributed by atoms with Gasteiger partial charge in [-0.1, -0.05) is 34.8 Å². The third-order valence-corrected chi connectivity index (χ3v) is 4.75. The number of alkyl halides is 2. The lowest BCUT2D eigenvalue weighted by molar-refractivity contribution is 0.0942. The Morgan fingerprint density at radius 1 is 1.35 bits per heavy atom. The van der Waals surface area contributed by atoms with E-state index in [1.165, 1.54) is 0 Å². The van der Waals surface area contributed by atoms with Crippen LogP contribution in [0.5, 0.6) is 0 Å². The van der Waals surface area contributed by atoms with E-state index in [4.69, 9.17) is 34.8 Å². The highest BCUT2D eigenvalue weighted by molar-refractivity contribution is 6.60. The Kier molecular flexibility index (Phi) is 3.32. The van der Waals surface area contributed by atoms with Gasteiger partial charge in [0.1, 0.15) is 0 Å². The second-order valence-corrected chi connectivity index (χ2v) is 6.67. The molecule has 0 aromatic carbocycles. The lowest BCUT2D eigenvalue weighted by Gasteiger charge is -2.26. The Labute approximate surface area is 131 Å². The molecule has 0 fully saturated rings. The van der Waals surface area contributed by atoms with Crippen molar-refractivity contribution in [2.45, 2.75) is 24.2 Å². The van der Waals surface area contributed by atoms with Gasteiger partial charge in [-0.15, -0.1) is 0 Å². The predicted molar refractivity (Wildman–Crippen MR) is 80.8 cm³/mol. The summed E-state index contributed by atoms with van der Waals surface area (Å²) in [5, 5.41) is 0.549. The van der Waals surface area contributed by atoms with Crippen LogP contribution >= 0.6 is 34.8 Å². The van der Waals surface area contributed by atoms with Gasteiger partial charge in [0.25, 0.3) is 0 Å². The van der Waals surface area contributed by atoms with Crippen molar-refractivity contribution in [1.29, 1.82) is 0 Å². The molecule has 20 heavy (non-hydrogen) atoms. The van der Waals surface area contributed by atoms with Gasteiger partial charge in [0.2, 0.25) is 5.78 Å². The maximum atomic E-state index is 12.4. The van der Waals surface area contributed by atoms with Crippen LogP contribution in [-0.2, 0) is 6.54 Å². The van der Waals surface area contributed by atoms with E-state index < -0.39 is 4.33 Å². The van der Waals surface area contributed by atoms with E-state index in [0.29, 0.717) is 29.2 Å². The lowest BCUT2D eigenvalue weighted by Crippen LogP contribution is -2.35. The number of ketones is 1. The molecule has 0 bridgehead atoms. The van der Waals surface area contributed by atoms with Crippen molar-refractivity contribution in [2.24, 2.45) is 0 Å². The fourth-order valence-electron chi connectivity index (χ4n) is 2.56. The molecule has 0 amide bonds. The molecule has 0 radical (unpaired) electrons. The standard InChI is InChI=1S/C14H11Cl3N2O/c1-8-10(15)12(9-3-2-5-18-7-9)19-6-4-14(16,17)13(20)11(8)19/h2-3,5,7H,4,6H2,1H3. The first kappa shape index (κ1) is 13.9. The summed E-state index contributed by atoms with van der Waals surface area (Å²) in [5.74, 6) is -0.290. The summed E-state index contributed by atoms with van der Waals surface area (Å²) >= 11 is 18.6. The molecule has 2 aromatic rings. The first-order chi connectivity index (χ1) is 9.43. The van der Waals surface area contributed by atoms with Crippen molar-refractivity contribution in [2.75, 3.05) is 0 Å². The first-order valence-electron chi connectivity index (χ1n) is 6.15. The van der Waals surface area contributed by atoms with E-state index in [1.807, 2.05) is 16.7 Å². The highest BCUT2D eigenvalue weighted by atomic mass is 35.5.